The summed E-state index contributed by atoms with van der Waals surface area (Å²) in [6, 6.07) is 23.7. The predicted octanol–water partition coefficient (Wildman–Crippen LogP) is 7.21. The van der Waals surface area contributed by atoms with Gasteiger partial charge in [-0.25, -0.2) is 5.10 Å². The Hall–Kier alpha value is -4.20. The number of rotatable bonds is 8. The van der Waals surface area contributed by atoms with Crippen molar-refractivity contribution in [3.63, 3.8) is 0 Å². The van der Waals surface area contributed by atoms with Crippen LogP contribution in [0.15, 0.2) is 71.1 Å². The molecule has 0 spiro atoms. The van der Waals surface area contributed by atoms with E-state index in [0.717, 1.165) is 40.0 Å². The first-order valence-corrected chi connectivity index (χ1v) is 13.5. The van der Waals surface area contributed by atoms with Crippen molar-refractivity contribution in [2.75, 3.05) is 16.8 Å². The summed E-state index contributed by atoms with van der Waals surface area (Å²) in [7, 11) is 0. The minimum atomic E-state index is 0.491. The lowest BCUT2D eigenvalue weighted by Gasteiger charge is -2.38. The van der Waals surface area contributed by atoms with Gasteiger partial charge in [-0.05, 0) is 64.6 Å². The lowest BCUT2D eigenvalue weighted by molar-refractivity contribution is 0.401. The van der Waals surface area contributed by atoms with E-state index < -0.39 is 0 Å². The number of nitrogens with zero attached hydrogens (tertiary/aromatic N) is 5. The van der Waals surface area contributed by atoms with E-state index >= 15 is 0 Å². The Bertz CT molecular complexity index is 1470. The highest BCUT2D eigenvalue weighted by molar-refractivity contribution is 5.86. The number of nitrogens with one attached hydrogen (secondary N) is 2. The predicted molar refractivity (Wildman–Crippen MR) is 151 cm³/mol. The van der Waals surface area contributed by atoms with Gasteiger partial charge in [0, 0.05) is 18.2 Å². The summed E-state index contributed by atoms with van der Waals surface area (Å²) in [5.74, 6) is 1.18. The van der Waals surface area contributed by atoms with Crippen LogP contribution in [0.25, 0.3) is 33.6 Å². The van der Waals surface area contributed by atoms with E-state index in [9.17, 15) is 0 Å². The van der Waals surface area contributed by atoms with Crippen molar-refractivity contribution >= 4 is 28.5 Å². The molecule has 5 aromatic rings. The highest BCUT2D eigenvalue weighted by Gasteiger charge is 2.25. The van der Waals surface area contributed by atoms with Gasteiger partial charge in [-0.3, -0.25) is 0 Å². The van der Waals surface area contributed by atoms with Crippen LogP contribution in [-0.2, 0) is 0 Å². The monoisotopic (exact) mass is 507 g/mol. The van der Waals surface area contributed by atoms with Gasteiger partial charge >= 0.3 is 0 Å². The molecule has 2 heterocycles. The quantitative estimate of drug-likeness (QED) is 0.229. The number of anilines is 3. The number of oxazole rings is 1. The number of hydrogen-bond acceptors (Lipinski definition) is 7. The average Bonchev–Trinajstić information content (AvgIpc) is 3.62. The van der Waals surface area contributed by atoms with Crippen LogP contribution in [0.2, 0.25) is 0 Å². The minimum absolute atomic E-state index is 0.491. The second kappa shape index (κ2) is 10.7. The van der Waals surface area contributed by atoms with Crippen LogP contribution in [0.5, 0.6) is 0 Å². The van der Waals surface area contributed by atoms with E-state index in [0.29, 0.717) is 23.8 Å². The summed E-state index contributed by atoms with van der Waals surface area (Å²) < 4.78 is 6.09. The Morgan fingerprint density at radius 1 is 0.974 bits per heavy atom. The Morgan fingerprint density at radius 2 is 1.76 bits per heavy atom. The summed E-state index contributed by atoms with van der Waals surface area (Å²) in [6.45, 7) is 5.58. The third-order valence-electron chi connectivity index (χ3n) is 7.26. The Balaban J connectivity index is 1.46. The Labute approximate surface area is 222 Å². The first kappa shape index (κ1) is 24.2. The molecule has 0 saturated heterocycles. The van der Waals surface area contributed by atoms with Crippen LogP contribution in [-0.4, -0.2) is 38.2 Å². The molecule has 2 N–H and O–H groups in total. The fourth-order valence-corrected chi connectivity index (χ4v) is 5.54. The lowest BCUT2D eigenvalue weighted by atomic mass is 9.92. The summed E-state index contributed by atoms with van der Waals surface area (Å²) in [5.41, 5.74) is 6.81. The average molecular weight is 508 g/mol. The van der Waals surface area contributed by atoms with Crippen molar-refractivity contribution < 1.29 is 4.42 Å². The molecule has 0 amide bonds. The number of aromatic amines is 1. The van der Waals surface area contributed by atoms with Crippen LogP contribution in [0.1, 0.15) is 46.0 Å². The van der Waals surface area contributed by atoms with Gasteiger partial charge in [0.15, 0.2) is 11.4 Å². The maximum absolute atomic E-state index is 6.09. The molecule has 0 unspecified atom stereocenters. The first-order chi connectivity index (χ1) is 18.7. The number of aromatic nitrogens is 5. The molecule has 3 aromatic carbocycles. The highest BCUT2D eigenvalue weighted by Crippen LogP contribution is 2.39. The van der Waals surface area contributed by atoms with Crippen molar-refractivity contribution in [1.82, 2.24) is 25.6 Å². The highest BCUT2D eigenvalue weighted by atomic mass is 16.4. The molecule has 1 aliphatic carbocycles. The van der Waals surface area contributed by atoms with Crippen molar-refractivity contribution in [2.24, 2.45) is 5.92 Å². The van der Waals surface area contributed by atoms with E-state index in [1.165, 1.54) is 37.8 Å². The van der Waals surface area contributed by atoms with E-state index in [4.69, 9.17) is 9.40 Å². The van der Waals surface area contributed by atoms with E-state index in [2.05, 4.69) is 69.0 Å². The van der Waals surface area contributed by atoms with Gasteiger partial charge in [0.1, 0.15) is 5.52 Å². The molecule has 1 saturated carbocycles. The fraction of sp³-hybridized carbons (Fsp3) is 0.333. The molecule has 8 nitrogen and oxygen atoms in total. The van der Waals surface area contributed by atoms with Crippen molar-refractivity contribution in [1.29, 1.82) is 0 Å². The SMILES string of the molecule is CC(C)CN(c1ccc(-c2ccccc2-c2nnn[nH]2)cc1Nc1nc2ccccc2o1)C1CCCCC1. The number of benzene rings is 3. The molecule has 0 atom stereocenters. The molecule has 0 radical (unpaired) electrons. The van der Waals surface area contributed by atoms with Crippen molar-refractivity contribution in [3.8, 4) is 22.5 Å². The topological polar surface area (TPSA) is 95.8 Å². The number of para-hydroxylation sites is 2. The molecule has 194 valence electrons. The maximum atomic E-state index is 6.09. The molecule has 1 aliphatic rings. The number of hydrogen-bond donors (Lipinski definition) is 2. The zero-order chi connectivity index (χ0) is 25.9. The molecule has 6 rings (SSSR count). The van der Waals surface area contributed by atoms with Gasteiger partial charge in [0.25, 0.3) is 6.01 Å². The molecular weight excluding hydrogens is 474 g/mol. The third kappa shape index (κ3) is 4.98. The van der Waals surface area contributed by atoms with Crippen LogP contribution in [0.4, 0.5) is 17.4 Å². The summed E-state index contributed by atoms with van der Waals surface area (Å²) in [5, 5.41) is 18.2. The molecule has 1 fully saturated rings. The number of fused-ring (bicyclic) bond motifs is 1. The molecule has 2 aromatic heterocycles. The second-order valence-electron chi connectivity index (χ2n) is 10.5. The smallest absolute Gasteiger partial charge is 0.300 e. The molecule has 38 heavy (non-hydrogen) atoms. The van der Waals surface area contributed by atoms with Gasteiger partial charge in [0.2, 0.25) is 0 Å². The summed E-state index contributed by atoms with van der Waals surface area (Å²) in [4.78, 5) is 7.32. The number of tetrazole rings is 1. The van der Waals surface area contributed by atoms with Gasteiger partial charge in [0.05, 0.1) is 11.4 Å². The van der Waals surface area contributed by atoms with Crippen molar-refractivity contribution in [2.45, 2.75) is 52.0 Å². The van der Waals surface area contributed by atoms with Gasteiger partial charge in [-0.1, -0.05) is 75.6 Å². The van der Waals surface area contributed by atoms with Crippen LogP contribution >= 0.6 is 0 Å². The normalized spacial score (nSPS) is 14.3. The Kier molecular flexibility index (Phi) is 6.77. The molecule has 8 heteroatoms. The van der Waals surface area contributed by atoms with Crippen LogP contribution in [0.3, 0.4) is 0 Å². The molecule has 0 bridgehead atoms. The van der Waals surface area contributed by atoms with Crippen LogP contribution < -0.4 is 10.2 Å². The van der Waals surface area contributed by atoms with Gasteiger partial charge in [-0.15, -0.1) is 5.10 Å². The third-order valence-corrected chi connectivity index (χ3v) is 7.26. The lowest BCUT2D eigenvalue weighted by Crippen LogP contribution is -2.39. The summed E-state index contributed by atoms with van der Waals surface area (Å²) >= 11 is 0. The zero-order valence-corrected chi connectivity index (χ0v) is 21.9. The van der Waals surface area contributed by atoms with E-state index in [1.54, 1.807) is 0 Å². The van der Waals surface area contributed by atoms with Gasteiger partial charge in [-0.2, -0.15) is 4.98 Å². The Morgan fingerprint density at radius 3 is 2.53 bits per heavy atom. The maximum Gasteiger partial charge on any atom is 0.300 e. The second-order valence-corrected chi connectivity index (χ2v) is 10.5. The van der Waals surface area contributed by atoms with E-state index in [1.807, 2.05) is 42.5 Å². The molecule has 0 aliphatic heterocycles. The molecular formula is C30H33N7O. The standard InChI is InChI=1S/C30H33N7O/c1-20(2)19-37(22-10-4-3-5-11-22)27-17-16-21(23-12-6-7-13-24(23)29-33-35-36-34-29)18-26(27)32-30-31-25-14-8-9-15-28(25)38-30/h6-9,12-18,20,22H,3-5,10-11,19H2,1-2H3,(H,31,32)(H,33,34,35,36). The minimum Gasteiger partial charge on any atom is -0.423 e. The van der Waals surface area contributed by atoms with E-state index in [-0.39, 0.29) is 0 Å². The van der Waals surface area contributed by atoms with Gasteiger partial charge < -0.3 is 14.6 Å². The zero-order valence-electron chi connectivity index (χ0n) is 21.9. The summed E-state index contributed by atoms with van der Waals surface area (Å²) in [6.07, 6.45) is 6.33. The first-order valence-electron chi connectivity index (χ1n) is 13.5. The number of H-pyrrole nitrogens is 1. The van der Waals surface area contributed by atoms with Crippen molar-refractivity contribution in [3.05, 3.63) is 66.7 Å². The largest absolute Gasteiger partial charge is 0.423 e. The fourth-order valence-electron chi connectivity index (χ4n) is 5.54. The van der Waals surface area contributed by atoms with Crippen LogP contribution in [0, 0.1) is 5.92 Å².